The Morgan fingerprint density at radius 2 is 1.75 bits per heavy atom. The van der Waals surface area contributed by atoms with Crippen molar-refractivity contribution in [3.05, 3.63) is 29.8 Å². The van der Waals surface area contributed by atoms with Gasteiger partial charge in [-0.1, -0.05) is 12.1 Å². The van der Waals surface area contributed by atoms with E-state index < -0.39 is 24.6 Å². The first-order valence-electron chi connectivity index (χ1n) is 4.36. The first-order chi connectivity index (χ1) is 7.50. The minimum absolute atomic E-state index is 0.204. The third-order valence-electron chi connectivity index (χ3n) is 1.79. The number of aliphatic carboxylic acids is 2. The van der Waals surface area contributed by atoms with Crippen molar-refractivity contribution in [2.24, 2.45) is 0 Å². The quantitative estimate of drug-likeness (QED) is 0.665. The van der Waals surface area contributed by atoms with Gasteiger partial charge in [-0.2, -0.15) is 0 Å². The molecule has 6 heteroatoms. The number of aliphatic hydroxyl groups is 1. The SMILES string of the molecule is O=C(O)COc1ccc([C@@H](O)C(=O)O)cc1. The van der Waals surface area contributed by atoms with Crippen LogP contribution in [0.1, 0.15) is 11.7 Å². The molecule has 0 aliphatic rings. The van der Waals surface area contributed by atoms with Crippen LogP contribution < -0.4 is 4.74 Å². The Kier molecular flexibility index (Phi) is 3.84. The number of hydrogen-bond donors (Lipinski definition) is 3. The summed E-state index contributed by atoms with van der Waals surface area (Å²) in [5, 5.41) is 26.0. The largest absolute Gasteiger partial charge is 0.482 e. The molecule has 0 unspecified atom stereocenters. The summed E-state index contributed by atoms with van der Waals surface area (Å²) >= 11 is 0. The predicted octanol–water partition coefficient (Wildman–Crippen LogP) is 0.268. The van der Waals surface area contributed by atoms with E-state index in [9.17, 15) is 14.7 Å². The van der Waals surface area contributed by atoms with Crippen LogP contribution in [0, 0.1) is 0 Å². The molecule has 86 valence electrons. The normalized spacial score (nSPS) is 11.8. The molecule has 1 aromatic rings. The van der Waals surface area contributed by atoms with Crippen molar-refractivity contribution < 1.29 is 29.6 Å². The molecule has 0 aliphatic heterocycles. The maximum Gasteiger partial charge on any atom is 0.341 e. The van der Waals surface area contributed by atoms with Gasteiger partial charge in [-0.15, -0.1) is 0 Å². The van der Waals surface area contributed by atoms with E-state index in [1.807, 2.05) is 0 Å². The summed E-state index contributed by atoms with van der Waals surface area (Å²) in [5.41, 5.74) is 0.204. The number of carboxylic acids is 2. The Bertz CT molecular complexity index is 383. The molecule has 0 heterocycles. The fourth-order valence-electron chi connectivity index (χ4n) is 1.03. The molecule has 0 radical (unpaired) electrons. The zero-order valence-corrected chi connectivity index (χ0v) is 8.16. The fraction of sp³-hybridized carbons (Fsp3) is 0.200. The maximum absolute atomic E-state index is 10.4. The number of benzene rings is 1. The number of rotatable bonds is 5. The third-order valence-corrected chi connectivity index (χ3v) is 1.79. The molecule has 16 heavy (non-hydrogen) atoms. The number of ether oxygens (including phenoxy) is 1. The van der Waals surface area contributed by atoms with Crippen LogP contribution in [0.15, 0.2) is 24.3 Å². The summed E-state index contributed by atoms with van der Waals surface area (Å²) in [6.45, 7) is -0.471. The Balaban J connectivity index is 2.67. The van der Waals surface area contributed by atoms with Crippen molar-refractivity contribution in [1.29, 1.82) is 0 Å². The standard InChI is InChI=1S/C10H10O6/c11-8(12)5-16-7-3-1-6(2-4-7)9(13)10(14)15/h1-4,9,13H,5H2,(H,11,12)(H,14,15)/t9-/m1/s1. The molecule has 0 spiro atoms. The monoisotopic (exact) mass is 226 g/mol. The highest BCUT2D eigenvalue weighted by atomic mass is 16.5. The predicted molar refractivity (Wildman–Crippen MR) is 52.2 cm³/mol. The summed E-state index contributed by atoms with van der Waals surface area (Å²) in [4.78, 5) is 20.6. The first-order valence-corrected chi connectivity index (χ1v) is 4.36. The fourth-order valence-corrected chi connectivity index (χ4v) is 1.03. The lowest BCUT2D eigenvalue weighted by Gasteiger charge is -2.07. The van der Waals surface area contributed by atoms with Crippen LogP contribution in [0.3, 0.4) is 0 Å². The van der Waals surface area contributed by atoms with Crippen LogP contribution in [-0.2, 0) is 9.59 Å². The van der Waals surface area contributed by atoms with Gasteiger partial charge in [-0.3, -0.25) is 0 Å². The first kappa shape index (κ1) is 12.0. The zero-order valence-electron chi connectivity index (χ0n) is 8.16. The highest BCUT2D eigenvalue weighted by Gasteiger charge is 2.15. The van der Waals surface area contributed by atoms with E-state index >= 15 is 0 Å². The molecule has 0 fully saturated rings. The van der Waals surface area contributed by atoms with Gasteiger partial charge in [0.25, 0.3) is 0 Å². The molecule has 0 saturated carbocycles. The van der Waals surface area contributed by atoms with Gasteiger partial charge in [0.15, 0.2) is 12.7 Å². The zero-order chi connectivity index (χ0) is 12.1. The van der Waals surface area contributed by atoms with Gasteiger partial charge in [0.2, 0.25) is 0 Å². The molecule has 0 amide bonds. The Labute approximate surface area is 90.7 Å². The van der Waals surface area contributed by atoms with E-state index in [-0.39, 0.29) is 5.56 Å². The second-order valence-corrected chi connectivity index (χ2v) is 2.99. The number of carboxylic acid groups (broad SMARTS) is 2. The number of aliphatic hydroxyl groups excluding tert-OH is 1. The molecule has 0 bridgehead atoms. The van der Waals surface area contributed by atoms with Crippen LogP contribution in [0.5, 0.6) is 5.75 Å². The summed E-state index contributed by atoms with van der Waals surface area (Å²) in [7, 11) is 0. The van der Waals surface area contributed by atoms with Crippen molar-refractivity contribution in [2.75, 3.05) is 6.61 Å². The highest BCUT2D eigenvalue weighted by molar-refractivity contribution is 5.74. The van der Waals surface area contributed by atoms with Crippen molar-refractivity contribution >= 4 is 11.9 Å². The molecule has 6 nitrogen and oxygen atoms in total. The molecular weight excluding hydrogens is 216 g/mol. The molecule has 0 saturated heterocycles. The second kappa shape index (κ2) is 5.13. The molecule has 1 atom stereocenters. The molecular formula is C10H10O6. The molecule has 1 aromatic carbocycles. The lowest BCUT2D eigenvalue weighted by molar-refractivity contribution is -0.147. The molecule has 1 rings (SSSR count). The topological polar surface area (TPSA) is 104 Å². The van der Waals surface area contributed by atoms with E-state index in [2.05, 4.69) is 0 Å². The smallest absolute Gasteiger partial charge is 0.341 e. The summed E-state index contributed by atoms with van der Waals surface area (Å²) in [6.07, 6.45) is -1.59. The average molecular weight is 226 g/mol. The van der Waals surface area contributed by atoms with Gasteiger partial charge in [0, 0.05) is 0 Å². The van der Waals surface area contributed by atoms with E-state index in [1.54, 1.807) is 0 Å². The van der Waals surface area contributed by atoms with Gasteiger partial charge in [0.05, 0.1) is 0 Å². The Hall–Kier alpha value is -2.08. The van der Waals surface area contributed by atoms with Crippen molar-refractivity contribution in [2.45, 2.75) is 6.10 Å². The average Bonchev–Trinajstić information content (AvgIpc) is 2.26. The van der Waals surface area contributed by atoms with Crippen LogP contribution in [0.25, 0.3) is 0 Å². The second-order valence-electron chi connectivity index (χ2n) is 2.99. The van der Waals surface area contributed by atoms with E-state index in [4.69, 9.17) is 14.9 Å². The Morgan fingerprint density at radius 3 is 2.19 bits per heavy atom. The lowest BCUT2D eigenvalue weighted by atomic mass is 10.1. The third kappa shape index (κ3) is 3.25. The van der Waals surface area contributed by atoms with Gasteiger partial charge in [-0.05, 0) is 17.7 Å². The van der Waals surface area contributed by atoms with E-state index in [0.29, 0.717) is 5.75 Å². The summed E-state index contributed by atoms with van der Waals surface area (Å²) in [6, 6.07) is 5.50. The Morgan fingerprint density at radius 1 is 1.19 bits per heavy atom. The number of carbonyl (C=O) groups is 2. The van der Waals surface area contributed by atoms with Crippen molar-refractivity contribution in [1.82, 2.24) is 0 Å². The highest BCUT2D eigenvalue weighted by Crippen LogP contribution is 2.17. The molecule has 3 N–H and O–H groups in total. The maximum atomic E-state index is 10.4. The van der Waals surface area contributed by atoms with Gasteiger partial charge >= 0.3 is 11.9 Å². The summed E-state index contributed by atoms with van der Waals surface area (Å²) < 4.78 is 4.83. The van der Waals surface area contributed by atoms with Crippen LogP contribution in [-0.4, -0.2) is 33.9 Å². The van der Waals surface area contributed by atoms with Gasteiger partial charge < -0.3 is 20.1 Å². The lowest BCUT2D eigenvalue weighted by Crippen LogP contribution is -2.11. The minimum Gasteiger partial charge on any atom is -0.482 e. The van der Waals surface area contributed by atoms with E-state index in [1.165, 1.54) is 24.3 Å². The van der Waals surface area contributed by atoms with Gasteiger partial charge in [0.1, 0.15) is 5.75 Å². The van der Waals surface area contributed by atoms with Crippen molar-refractivity contribution in [3.63, 3.8) is 0 Å². The van der Waals surface area contributed by atoms with Crippen LogP contribution in [0.4, 0.5) is 0 Å². The minimum atomic E-state index is -1.59. The van der Waals surface area contributed by atoms with Crippen LogP contribution in [0.2, 0.25) is 0 Å². The van der Waals surface area contributed by atoms with Crippen LogP contribution >= 0.6 is 0 Å². The van der Waals surface area contributed by atoms with Crippen molar-refractivity contribution in [3.8, 4) is 5.75 Å². The van der Waals surface area contributed by atoms with E-state index in [0.717, 1.165) is 0 Å². The molecule has 0 aliphatic carbocycles. The molecule has 0 aromatic heterocycles. The number of hydrogen-bond acceptors (Lipinski definition) is 4. The summed E-state index contributed by atoms with van der Waals surface area (Å²) in [5.74, 6) is -2.16. The van der Waals surface area contributed by atoms with Gasteiger partial charge in [-0.25, -0.2) is 9.59 Å².